The highest BCUT2D eigenvalue weighted by Gasteiger charge is 2.30. The van der Waals surface area contributed by atoms with Crippen molar-refractivity contribution in [2.45, 2.75) is 71.3 Å². The van der Waals surface area contributed by atoms with E-state index in [4.69, 9.17) is 0 Å². The Labute approximate surface area is 166 Å². The second-order valence-corrected chi connectivity index (χ2v) is 9.40. The molecule has 1 heteroatoms. The first-order valence-electron chi connectivity index (χ1n) is 11.4. The van der Waals surface area contributed by atoms with E-state index in [-0.39, 0.29) is 0 Å². The summed E-state index contributed by atoms with van der Waals surface area (Å²) >= 11 is 0. The van der Waals surface area contributed by atoms with Crippen molar-refractivity contribution in [1.82, 2.24) is 5.32 Å². The summed E-state index contributed by atoms with van der Waals surface area (Å²) in [5.41, 5.74) is 3.15. The zero-order valence-corrected chi connectivity index (χ0v) is 17.2. The van der Waals surface area contributed by atoms with Crippen LogP contribution in [0.5, 0.6) is 0 Å². The fourth-order valence-electron chi connectivity index (χ4n) is 5.43. The highest BCUT2D eigenvalue weighted by molar-refractivity contribution is 5.37. The third-order valence-electron chi connectivity index (χ3n) is 7.23. The Balaban J connectivity index is 1.54. The van der Waals surface area contributed by atoms with E-state index in [0.717, 1.165) is 11.8 Å². The molecule has 0 aromatic rings. The van der Waals surface area contributed by atoms with E-state index < -0.39 is 0 Å². The van der Waals surface area contributed by atoms with Gasteiger partial charge in [0.05, 0.1) is 0 Å². The molecule has 4 aliphatic rings. The van der Waals surface area contributed by atoms with Gasteiger partial charge in [0.25, 0.3) is 0 Å². The molecule has 146 valence electrons. The standard InChI is InChI=1S/C26H37N/c1-19(2)25-18-17-24(22-11-7-4-8-12-22)26(27-25)23-15-13-21(14-16-23)20-9-5-3-6-10-20/h3-5,7,13,15,17-23,25,27H,6,8-12,14,16H2,1-2H3. The van der Waals surface area contributed by atoms with Crippen LogP contribution in [0.2, 0.25) is 0 Å². The quantitative estimate of drug-likeness (QED) is 0.547. The summed E-state index contributed by atoms with van der Waals surface area (Å²) in [5.74, 6) is 3.61. The second-order valence-electron chi connectivity index (χ2n) is 9.40. The molecule has 4 rings (SSSR count). The van der Waals surface area contributed by atoms with Gasteiger partial charge in [0.2, 0.25) is 0 Å². The highest BCUT2D eigenvalue weighted by atomic mass is 14.9. The molecule has 0 amide bonds. The molecule has 0 spiro atoms. The largest absolute Gasteiger partial charge is 0.381 e. The number of allylic oxidation sites excluding steroid dienone is 8. The average molecular weight is 364 g/mol. The summed E-state index contributed by atoms with van der Waals surface area (Å²) in [5, 5.41) is 3.97. The van der Waals surface area contributed by atoms with Crippen LogP contribution in [-0.2, 0) is 0 Å². The fraction of sp³-hybridized carbons (Fsp3) is 0.615. The normalized spacial score (nSPS) is 36.3. The van der Waals surface area contributed by atoms with E-state index in [1.54, 1.807) is 11.3 Å². The molecule has 0 aromatic carbocycles. The van der Waals surface area contributed by atoms with Gasteiger partial charge in [-0.25, -0.2) is 0 Å². The molecule has 1 nitrogen and oxygen atoms in total. The van der Waals surface area contributed by atoms with Gasteiger partial charge >= 0.3 is 0 Å². The molecule has 5 unspecified atom stereocenters. The SMILES string of the molecule is CC(C)C1C=CC(C2CC=CCC2)=C(C2C=CC(C3CC=CCC3)CC2)N1. The summed E-state index contributed by atoms with van der Waals surface area (Å²) < 4.78 is 0. The molecular weight excluding hydrogens is 326 g/mol. The van der Waals surface area contributed by atoms with Crippen molar-refractivity contribution < 1.29 is 0 Å². The van der Waals surface area contributed by atoms with E-state index >= 15 is 0 Å². The maximum absolute atomic E-state index is 3.97. The van der Waals surface area contributed by atoms with E-state index in [0.29, 0.717) is 23.8 Å². The molecule has 1 heterocycles. The molecular formula is C26H37N. The molecule has 1 N–H and O–H groups in total. The number of dihydropyridines is 1. The number of rotatable bonds is 4. The predicted octanol–water partition coefficient (Wildman–Crippen LogP) is 6.72. The lowest BCUT2D eigenvalue weighted by atomic mass is 9.74. The van der Waals surface area contributed by atoms with Gasteiger partial charge in [0.15, 0.2) is 0 Å². The lowest BCUT2D eigenvalue weighted by Crippen LogP contribution is -2.38. The minimum atomic E-state index is 0.484. The summed E-state index contributed by atoms with van der Waals surface area (Å²) in [4.78, 5) is 0. The first-order chi connectivity index (χ1) is 13.2. The van der Waals surface area contributed by atoms with Crippen LogP contribution in [0.15, 0.2) is 59.9 Å². The van der Waals surface area contributed by atoms with Gasteiger partial charge in [-0.05, 0) is 80.6 Å². The Kier molecular flexibility index (Phi) is 6.05. The van der Waals surface area contributed by atoms with Crippen LogP contribution >= 0.6 is 0 Å². The molecule has 0 bridgehead atoms. The first kappa shape index (κ1) is 18.8. The zero-order chi connectivity index (χ0) is 18.6. The zero-order valence-electron chi connectivity index (χ0n) is 17.2. The van der Waals surface area contributed by atoms with Crippen molar-refractivity contribution in [1.29, 1.82) is 0 Å². The summed E-state index contributed by atoms with van der Waals surface area (Å²) in [6.07, 6.45) is 30.0. The van der Waals surface area contributed by atoms with Crippen molar-refractivity contribution in [2.75, 3.05) is 0 Å². The Morgan fingerprint density at radius 1 is 0.852 bits per heavy atom. The monoisotopic (exact) mass is 363 g/mol. The van der Waals surface area contributed by atoms with Gasteiger partial charge in [-0.15, -0.1) is 0 Å². The molecule has 1 aliphatic heterocycles. The number of hydrogen-bond acceptors (Lipinski definition) is 1. The van der Waals surface area contributed by atoms with Gasteiger partial charge < -0.3 is 5.32 Å². The molecule has 0 saturated heterocycles. The van der Waals surface area contributed by atoms with E-state index in [2.05, 4.69) is 67.8 Å². The molecule has 3 aliphatic carbocycles. The number of hydrogen-bond donors (Lipinski definition) is 1. The predicted molar refractivity (Wildman–Crippen MR) is 116 cm³/mol. The molecule has 27 heavy (non-hydrogen) atoms. The smallest absolute Gasteiger partial charge is 0.0467 e. The summed E-state index contributed by atoms with van der Waals surface area (Å²) in [6.45, 7) is 4.66. The fourth-order valence-corrected chi connectivity index (χ4v) is 5.43. The van der Waals surface area contributed by atoms with Gasteiger partial charge in [0, 0.05) is 17.7 Å². The lowest BCUT2D eigenvalue weighted by molar-refractivity contribution is 0.315. The topological polar surface area (TPSA) is 12.0 Å². The summed E-state index contributed by atoms with van der Waals surface area (Å²) in [6, 6.07) is 0.484. The van der Waals surface area contributed by atoms with Gasteiger partial charge in [0.1, 0.15) is 0 Å². The van der Waals surface area contributed by atoms with Gasteiger partial charge in [-0.1, -0.05) is 62.5 Å². The third-order valence-corrected chi connectivity index (χ3v) is 7.23. The Morgan fingerprint density at radius 3 is 2.30 bits per heavy atom. The minimum absolute atomic E-state index is 0.484. The van der Waals surface area contributed by atoms with Gasteiger partial charge in [-0.2, -0.15) is 0 Å². The van der Waals surface area contributed by atoms with Crippen molar-refractivity contribution in [3.05, 3.63) is 59.9 Å². The molecule has 0 saturated carbocycles. The average Bonchev–Trinajstić information content (AvgIpc) is 2.75. The van der Waals surface area contributed by atoms with Crippen LogP contribution in [0.4, 0.5) is 0 Å². The van der Waals surface area contributed by atoms with Crippen LogP contribution in [0, 0.1) is 29.6 Å². The van der Waals surface area contributed by atoms with Crippen LogP contribution in [0.25, 0.3) is 0 Å². The van der Waals surface area contributed by atoms with E-state index in [1.165, 1.54) is 51.4 Å². The number of nitrogens with one attached hydrogen (secondary N) is 1. The molecule has 0 fully saturated rings. The Hall–Kier alpha value is -1.50. The van der Waals surface area contributed by atoms with Crippen LogP contribution in [0.3, 0.4) is 0 Å². The van der Waals surface area contributed by atoms with E-state index in [9.17, 15) is 0 Å². The molecule has 0 aromatic heterocycles. The van der Waals surface area contributed by atoms with E-state index in [1.807, 2.05) is 0 Å². The minimum Gasteiger partial charge on any atom is -0.381 e. The maximum Gasteiger partial charge on any atom is 0.0467 e. The van der Waals surface area contributed by atoms with Crippen LogP contribution in [-0.4, -0.2) is 6.04 Å². The van der Waals surface area contributed by atoms with Crippen molar-refractivity contribution in [3.63, 3.8) is 0 Å². The summed E-state index contributed by atoms with van der Waals surface area (Å²) in [7, 11) is 0. The van der Waals surface area contributed by atoms with Crippen molar-refractivity contribution >= 4 is 0 Å². The highest BCUT2D eigenvalue weighted by Crippen LogP contribution is 2.39. The molecule has 0 radical (unpaired) electrons. The van der Waals surface area contributed by atoms with Gasteiger partial charge in [-0.3, -0.25) is 0 Å². The third kappa shape index (κ3) is 4.33. The van der Waals surface area contributed by atoms with Crippen molar-refractivity contribution in [2.24, 2.45) is 29.6 Å². The van der Waals surface area contributed by atoms with Crippen LogP contribution in [0.1, 0.15) is 65.2 Å². The van der Waals surface area contributed by atoms with Crippen molar-refractivity contribution in [3.8, 4) is 0 Å². The lowest BCUT2D eigenvalue weighted by Gasteiger charge is -2.37. The maximum atomic E-state index is 3.97. The Morgan fingerprint density at radius 2 is 1.67 bits per heavy atom. The first-order valence-corrected chi connectivity index (χ1v) is 11.4. The Bertz CT molecular complexity index is 660. The van der Waals surface area contributed by atoms with Crippen LogP contribution < -0.4 is 5.32 Å². The second kappa shape index (κ2) is 8.67. The molecule has 5 atom stereocenters.